The van der Waals surface area contributed by atoms with Crippen LogP contribution in [0.5, 0.6) is 0 Å². The molecule has 2 amide bonds. The molecule has 2 heterocycles. The van der Waals surface area contributed by atoms with Crippen LogP contribution in [0.1, 0.15) is 24.4 Å². The van der Waals surface area contributed by atoms with Crippen molar-refractivity contribution < 1.29 is 23.8 Å². The Morgan fingerprint density at radius 1 is 0.935 bits per heavy atom. The van der Waals surface area contributed by atoms with Crippen molar-refractivity contribution >= 4 is 17.5 Å². The molecule has 0 aliphatic carbocycles. The number of hydrogen-bond acceptors (Lipinski definition) is 2. The molecule has 2 aromatic rings. The first kappa shape index (κ1) is 21.5. The topological polar surface area (TPSA) is 58.3 Å². The highest BCUT2D eigenvalue weighted by Crippen LogP contribution is 2.14. The van der Waals surface area contributed by atoms with E-state index in [2.05, 4.69) is 5.32 Å². The zero-order valence-corrected chi connectivity index (χ0v) is 17.8. The average molecular weight is 427 g/mol. The van der Waals surface area contributed by atoms with Gasteiger partial charge in [0.25, 0.3) is 11.8 Å². The maximum absolute atomic E-state index is 13.2. The van der Waals surface area contributed by atoms with Gasteiger partial charge in [-0.3, -0.25) is 9.59 Å². The number of hydrogen-bond donors (Lipinski definition) is 3. The molecule has 0 radical (unpaired) electrons. The number of carbonyl (C=O) groups excluding carboxylic acids is 2. The van der Waals surface area contributed by atoms with Crippen LogP contribution < -0.4 is 15.1 Å². The van der Waals surface area contributed by atoms with E-state index in [1.807, 2.05) is 35.2 Å². The molecule has 3 N–H and O–H groups in total. The maximum atomic E-state index is 13.2. The Labute approximate surface area is 182 Å². The van der Waals surface area contributed by atoms with Crippen molar-refractivity contribution in [1.29, 1.82) is 0 Å². The first-order valence-corrected chi connectivity index (χ1v) is 11.2. The van der Waals surface area contributed by atoms with Gasteiger partial charge in [0.2, 0.25) is 0 Å². The van der Waals surface area contributed by atoms with Gasteiger partial charge in [0.1, 0.15) is 32.0 Å². The predicted octanol–water partition coefficient (Wildman–Crippen LogP) is -0.0887. The van der Waals surface area contributed by atoms with Crippen molar-refractivity contribution in [1.82, 2.24) is 4.90 Å². The monoisotopic (exact) mass is 426 g/mol. The molecule has 2 saturated heterocycles. The van der Waals surface area contributed by atoms with Crippen LogP contribution in [0.4, 0.5) is 10.1 Å². The summed E-state index contributed by atoms with van der Waals surface area (Å²) in [7, 11) is 0. The summed E-state index contributed by atoms with van der Waals surface area (Å²) < 4.78 is 13.2. The van der Waals surface area contributed by atoms with Crippen LogP contribution in [0.2, 0.25) is 0 Å². The van der Waals surface area contributed by atoms with Crippen LogP contribution in [-0.2, 0) is 9.59 Å². The number of quaternary nitrogens is 2. The standard InChI is InChI=1S/C24H29FN4O2/c25-20-8-10-21(11-9-20)26-24(31)23(19-6-2-1-3-7-19)29-16-14-27(15-17-29)18-22(30)28-12-4-5-13-28/h1-3,6-11,23H,4-5,12-18H2,(H,26,31)/p+2/t23-/m1/s1. The quantitative estimate of drug-likeness (QED) is 0.605. The highest BCUT2D eigenvalue weighted by atomic mass is 19.1. The third-order valence-electron chi connectivity index (χ3n) is 6.37. The van der Waals surface area contributed by atoms with E-state index in [1.54, 1.807) is 12.1 Å². The van der Waals surface area contributed by atoms with Crippen molar-refractivity contribution in [3.63, 3.8) is 0 Å². The molecular weight excluding hydrogens is 395 g/mol. The Hall–Kier alpha value is -2.77. The summed E-state index contributed by atoms with van der Waals surface area (Å²) in [6.07, 6.45) is 2.22. The van der Waals surface area contributed by atoms with Crippen LogP contribution in [0.25, 0.3) is 0 Å². The minimum atomic E-state index is -0.345. The van der Waals surface area contributed by atoms with E-state index in [0.717, 1.165) is 57.7 Å². The molecule has 7 heteroatoms. The number of likely N-dealkylation sites (tertiary alicyclic amines) is 1. The highest BCUT2D eigenvalue weighted by molar-refractivity contribution is 5.94. The van der Waals surface area contributed by atoms with Crippen molar-refractivity contribution in [2.45, 2.75) is 18.9 Å². The predicted molar refractivity (Wildman–Crippen MR) is 116 cm³/mol. The summed E-state index contributed by atoms with van der Waals surface area (Å²) in [6, 6.07) is 15.3. The second kappa shape index (κ2) is 10.0. The third kappa shape index (κ3) is 5.48. The lowest BCUT2D eigenvalue weighted by Gasteiger charge is -2.34. The Morgan fingerprint density at radius 2 is 1.58 bits per heavy atom. The van der Waals surface area contributed by atoms with Crippen LogP contribution in [-0.4, -0.2) is 62.5 Å². The van der Waals surface area contributed by atoms with Gasteiger partial charge in [-0.05, 0) is 37.1 Å². The third-order valence-corrected chi connectivity index (χ3v) is 6.37. The van der Waals surface area contributed by atoms with Gasteiger partial charge in [0, 0.05) is 24.3 Å². The molecule has 2 fully saturated rings. The van der Waals surface area contributed by atoms with E-state index in [0.29, 0.717) is 12.2 Å². The van der Waals surface area contributed by atoms with Gasteiger partial charge < -0.3 is 20.0 Å². The molecule has 2 aromatic carbocycles. The first-order chi connectivity index (χ1) is 15.1. The number of benzene rings is 2. The zero-order valence-electron chi connectivity index (χ0n) is 17.8. The molecule has 0 saturated carbocycles. The molecular formula is C24H31FN4O2+2. The first-order valence-electron chi connectivity index (χ1n) is 11.2. The Bertz CT molecular complexity index is 876. The molecule has 2 aliphatic heterocycles. The summed E-state index contributed by atoms with van der Waals surface area (Å²) in [4.78, 5) is 30.2. The number of amides is 2. The largest absolute Gasteiger partial charge is 0.338 e. The van der Waals surface area contributed by atoms with E-state index < -0.39 is 0 Å². The lowest BCUT2D eigenvalue weighted by atomic mass is 10.0. The fourth-order valence-electron chi connectivity index (χ4n) is 4.65. The van der Waals surface area contributed by atoms with E-state index in [4.69, 9.17) is 0 Å². The van der Waals surface area contributed by atoms with E-state index in [1.165, 1.54) is 21.9 Å². The summed E-state index contributed by atoms with van der Waals surface area (Å²) in [5, 5.41) is 2.95. The molecule has 164 valence electrons. The van der Waals surface area contributed by atoms with Gasteiger partial charge in [-0.25, -0.2) is 4.39 Å². The van der Waals surface area contributed by atoms with Crippen molar-refractivity contribution in [3.05, 3.63) is 66.0 Å². The summed E-state index contributed by atoms with van der Waals surface area (Å²) in [5.74, 6) is -0.167. The van der Waals surface area contributed by atoms with Crippen LogP contribution in [0.3, 0.4) is 0 Å². The number of halogens is 1. The van der Waals surface area contributed by atoms with E-state index in [9.17, 15) is 14.0 Å². The van der Waals surface area contributed by atoms with Gasteiger partial charge in [-0.2, -0.15) is 0 Å². The van der Waals surface area contributed by atoms with Gasteiger partial charge in [-0.1, -0.05) is 30.3 Å². The molecule has 0 spiro atoms. The molecule has 6 nitrogen and oxygen atoms in total. The summed E-state index contributed by atoms with van der Waals surface area (Å²) >= 11 is 0. The molecule has 2 aliphatic rings. The molecule has 0 aromatic heterocycles. The summed E-state index contributed by atoms with van der Waals surface area (Å²) in [6.45, 7) is 5.69. The Balaban J connectivity index is 1.41. The second-order valence-electron chi connectivity index (χ2n) is 8.51. The van der Waals surface area contributed by atoms with Gasteiger partial charge >= 0.3 is 0 Å². The molecule has 0 bridgehead atoms. The van der Waals surface area contributed by atoms with Crippen molar-refractivity contribution in [2.24, 2.45) is 0 Å². The average Bonchev–Trinajstić information content (AvgIpc) is 3.33. The lowest BCUT2D eigenvalue weighted by molar-refractivity contribution is -1.02. The maximum Gasteiger partial charge on any atom is 0.287 e. The molecule has 1 atom stereocenters. The van der Waals surface area contributed by atoms with E-state index >= 15 is 0 Å². The van der Waals surface area contributed by atoms with Crippen LogP contribution >= 0.6 is 0 Å². The molecule has 4 rings (SSSR count). The fraction of sp³-hybridized carbons (Fsp3) is 0.417. The highest BCUT2D eigenvalue weighted by Gasteiger charge is 2.36. The lowest BCUT2D eigenvalue weighted by Crippen LogP contribution is -3.28. The number of nitrogens with zero attached hydrogens (tertiary/aromatic N) is 1. The Morgan fingerprint density at radius 3 is 2.23 bits per heavy atom. The zero-order chi connectivity index (χ0) is 21.6. The Kier molecular flexibility index (Phi) is 6.94. The fourth-order valence-corrected chi connectivity index (χ4v) is 4.65. The minimum Gasteiger partial charge on any atom is -0.338 e. The minimum absolute atomic E-state index is 0.0931. The molecule has 0 unspecified atom stereocenters. The number of carbonyl (C=O) groups is 2. The summed E-state index contributed by atoms with van der Waals surface area (Å²) in [5.41, 5.74) is 1.56. The van der Waals surface area contributed by atoms with Gasteiger partial charge in [-0.15, -0.1) is 0 Å². The van der Waals surface area contributed by atoms with Crippen molar-refractivity contribution in [2.75, 3.05) is 51.1 Å². The van der Waals surface area contributed by atoms with Crippen LogP contribution in [0.15, 0.2) is 54.6 Å². The van der Waals surface area contributed by atoms with Gasteiger partial charge in [0.15, 0.2) is 12.6 Å². The second-order valence-corrected chi connectivity index (χ2v) is 8.51. The number of piperazine rings is 1. The van der Waals surface area contributed by atoms with Crippen molar-refractivity contribution in [3.8, 4) is 0 Å². The number of anilines is 1. The van der Waals surface area contributed by atoms with Crippen LogP contribution in [0, 0.1) is 5.82 Å². The number of rotatable bonds is 6. The molecule has 31 heavy (non-hydrogen) atoms. The number of nitrogens with one attached hydrogen (secondary N) is 3. The van der Waals surface area contributed by atoms with Gasteiger partial charge in [0.05, 0.1) is 0 Å². The SMILES string of the molecule is O=C(Nc1ccc(F)cc1)[C@@H](c1ccccc1)[NH+]1CC[NH+](CC(=O)N2CCCC2)CC1. The van der Waals surface area contributed by atoms with E-state index in [-0.39, 0.29) is 23.7 Å². The normalized spacial score (nSPS) is 22.2. The smallest absolute Gasteiger partial charge is 0.287 e.